The molecule has 0 spiro atoms. The number of benzene rings is 1. The van der Waals surface area contributed by atoms with E-state index in [-0.39, 0.29) is 21.6 Å². The van der Waals surface area contributed by atoms with Gasteiger partial charge in [0.15, 0.2) is 0 Å². The van der Waals surface area contributed by atoms with Gasteiger partial charge in [-0.3, -0.25) is 4.79 Å². The number of nitrogens with two attached hydrogens (primary N) is 1. The minimum Gasteiger partial charge on any atom is -0.376 e. The number of ether oxygens (including phenoxy) is 1. The zero-order chi connectivity index (χ0) is 15.8. The molecule has 1 aromatic rings. The van der Waals surface area contributed by atoms with E-state index in [0.29, 0.717) is 13.0 Å². The molecule has 8 heteroatoms. The Balaban J connectivity index is 2.30. The molecule has 116 valence electrons. The van der Waals surface area contributed by atoms with Gasteiger partial charge >= 0.3 is 0 Å². The number of halogens is 1. The lowest BCUT2D eigenvalue weighted by molar-refractivity contribution is 0.0727. The number of hydrogen-bond acceptors (Lipinski definition) is 4. The fourth-order valence-electron chi connectivity index (χ4n) is 2.19. The van der Waals surface area contributed by atoms with Crippen LogP contribution in [0.5, 0.6) is 0 Å². The molecule has 0 aromatic heterocycles. The Morgan fingerprint density at radius 3 is 2.67 bits per heavy atom. The molecular formula is C13H17ClN2O4S. The van der Waals surface area contributed by atoms with Crippen molar-refractivity contribution >= 4 is 27.5 Å². The van der Waals surface area contributed by atoms with E-state index < -0.39 is 21.5 Å². The predicted molar refractivity (Wildman–Crippen MR) is 78.7 cm³/mol. The second-order valence-electron chi connectivity index (χ2n) is 5.36. The number of nitrogens with one attached hydrogen (secondary N) is 1. The molecule has 2 unspecified atom stereocenters. The zero-order valence-electron chi connectivity index (χ0n) is 11.7. The van der Waals surface area contributed by atoms with Gasteiger partial charge in [-0.15, -0.1) is 0 Å². The van der Waals surface area contributed by atoms with Gasteiger partial charge in [0.2, 0.25) is 10.0 Å². The molecule has 1 aromatic carbocycles. The first kappa shape index (κ1) is 16.2. The first-order valence-electron chi connectivity index (χ1n) is 6.39. The van der Waals surface area contributed by atoms with E-state index in [9.17, 15) is 13.2 Å². The maximum Gasteiger partial charge on any atom is 0.251 e. The van der Waals surface area contributed by atoms with Crippen molar-refractivity contribution in [2.45, 2.75) is 36.8 Å². The smallest absolute Gasteiger partial charge is 0.251 e. The van der Waals surface area contributed by atoms with Crippen LogP contribution in [0.4, 0.5) is 0 Å². The van der Waals surface area contributed by atoms with Gasteiger partial charge < -0.3 is 10.1 Å². The molecular weight excluding hydrogens is 316 g/mol. The van der Waals surface area contributed by atoms with E-state index >= 15 is 0 Å². The molecule has 1 heterocycles. The summed E-state index contributed by atoms with van der Waals surface area (Å²) >= 11 is 5.86. The molecule has 2 atom stereocenters. The van der Waals surface area contributed by atoms with Crippen molar-refractivity contribution in [3.05, 3.63) is 28.8 Å². The van der Waals surface area contributed by atoms with Gasteiger partial charge in [-0.25, -0.2) is 13.6 Å². The third kappa shape index (κ3) is 3.55. The number of hydrogen-bond donors (Lipinski definition) is 2. The van der Waals surface area contributed by atoms with Crippen molar-refractivity contribution in [3.8, 4) is 0 Å². The average molecular weight is 333 g/mol. The Hall–Kier alpha value is -1.15. The van der Waals surface area contributed by atoms with Crippen LogP contribution in [0.15, 0.2) is 23.1 Å². The topological polar surface area (TPSA) is 98.5 Å². The normalized spacial score (nSPS) is 25.8. The third-order valence-electron chi connectivity index (χ3n) is 3.75. The van der Waals surface area contributed by atoms with Gasteiger partial charge in [0.1, 0.15) is 0 Å². The quantitative estimate of drug-likeness (QED) is 0.871. The van der Waals surface area contributed by atoms with Crippen molar-refractivity contribution in [2.75, 3.05) is 6.61 Å². The van der Waals surface area contributed by atoms with Crippen molar-refractivity contribution in [1.29, 1.82) is 0 Å². The van der Waals surface area contributed by atoms with Gasteiger partial charge in [-0.05, 0) is 38.5 Å². The molecule has 21 heavy (non-hydrogen) atoms. The molecule has 0 bridgehead atoms. The maximum absolute atomic E-state index is 12.3. The Morgan fingerprint density at radius 2 is 2.14 bits per heavy atom. The van der Waals surface area contributed by atoms with Crippen LogP contribution in [-0.4, -0.2) is 32.6 Å². The highest BCUT2D eigenvalue weighted by Crippen LogP contribution is 2.26. The molecule has 0 saturated carbocycles. The van der Waals surface area contributed by atoms with Gasteiger partial charge in [-0.2, -0.15) is 0 Å². The largest absolute Gasteiger partial charge is 0.376 e. The molecule has 3 N–H and O–H groups in total. The Morgan fingerprint density at radius 1 is 1.48 bits per heavy atom. The average Bonchev–Trinajstić information content (AvgIpc) is 2.67. The van der Waals surface area contributed by atoms with E-state index in [1.54, 1.807) is 0 Å². The van der Waals surface area contributed by atoms with Crippen LogP contribution in [0.2, 0.25) is 5.02 Å². The lowest BCUT2D eigenvalue weighted by Crippen LogP contribution is -2.50. The Kier molecular flexibility index (Phi) is 4.30. The zero-order valence-corrected chi connectivity index (χ0v) is 13.3. The minimum absolute atomic E-state index is 0.127. The van der Waals surface area contributed by atoms with Crippen LogP contribution in [0, 0.1) is 0 Å². The first-order chi connectivity index (χ1) is 9.62. The van der Waals surface area contributed by atoms with E-state index in [4.69, 9.17) is 21.5 Å². The molecule has 1 fully saturated rings. The molecule has 2 rings (SSSR count). The number of carbonyl (C=O) groups excluding carboxylic acids is 1. The fraction of sp³-hybridized carbons (Fsp3) is 0.462. The van der Waals surface area contributed by atoms with E-state index in [0.717, 1.165) is 0 Å². The molecule has 0 aliphatic carbocycles. The molecule has 1 aliphatic heterocycles. The minimum atomic E-state index is -3.92. The number of sulfonamides is 1. The van der Waals surface area contributed by atoms with E-state index in [1.807, 2.05) is 13.8 Å². The van der Waals surface area contributed by atoms with Crippen LogP contribution in [0.1, 0.15) is 30.6 Å². The fourth-order valence-corrected chi connectivity index (χ4v) is 3.07. The second-order valence-corrected chi connectivity index (χ2v) is 7.35. The van der Waals surface area contributed by atoms with Crippen LogP contribution in [0.25, 0.3) is 0 Å². The van der Waals surface area contributed by atoms with Crippen LogP contribution >= 0.6 is 11.6 Å². The summed E-state index contributed by atoms with van der Waals surface area (Å²) in [7, 11) is -3.92. The number of carbonyl (C=O) groups is 1. The molecule has 1 aliphatic rings. The van der Waals surface area contributed by atoms with Gasteiger partial charge in [0.25, 0.3) is 5.91 Å². The molecule has 1 saturated heterocycles. The summed E-state index contributed by atoms with van der Waals surface area (Å²) in [5.74, 6) is -0.415. The van der Waals surface area contributed by atoms with Gasteiger partial charge in [0.05, 0.1) is 16.5 Å². The lowest BCUT2D eigenvalue weighted by Gasteiger charge is -2.29. The van der Waals surface area contributed by atoms with E-state index in [1.165, 1.54) is 18.2 Å². The highest BCUT2D eigenvalue weighted by molar-refractivity contribution is 7.89. The van der Waals surface area contributed by atoms with Crippen LogP contribution < -0.4 is 10.5 Å². The molecule has 0 radical (unpaired) electrons. The Labute approximate surface area is 128 Å². The highest BCUT2D eigenvalue weighted by Gasteiger charge is 2.38. The summed E-state index contributed by atoms with van der Waals surface area (Å²) in [5.41, 5.74) is -0.354. The number of amides is 1. The van der Waals surface area contributed by atoms with Crippen molar-refractivity contribution < 1.29 is 17.9 Å². The van der Waals surface area contributed by atoms with Crippen LogP contribution in [-0.2, 0) is 14.8 Å². The Bertz CT molecular complexity index is 677. The van der Waals surface area contributed by atoms with Crippen molar-refractivity contribution in [2.24, 2.45) is 5.14 Å². The SMILES string of the molecule is CC1OCCC1(C)NC(=O)c1cc(Cl)cc(S(N)(=O)=O)c1. The summed E-state index contributed by atoms with van der Waals surface area (Å²) in [6, 6.07) is 3.81. The first-order valence-corrected chi connectivity index (χ1v) is 8.32. The second kappa shape index (κ2) is 5.57. The molecule has 6 nitrogen and oxygen atoms in total. The predicted octanol–water partition coefficient (Wildman–Crippen LogP) is 1.28. The monoisotopic (exact) mass is 332 g/mol. The summed E-state index contributed by atoms with van der Waals surface area (Å²) in [4.78, 5) is 12.1. The maximum atomic E-state index is 12.3. The summed E-state index contributed by atoms with van der Waals surface area (Å²) in [6.45, 7) is 4.32. The lowest BCUT2D eigenvalue weighted by atomic mass is 9.94. The van der Waals surface area contributed by atoms with Gasteiger partial charge in [-0.1, -0.05) is 11.6 Å². The number of primary sulfonamides is 1. The summed E-state index contributed by atoms with van der Waals surface area (Å²) < 4.78 is 28.2. The van der Waals surface area contributed by atoms with Gasteiger partial charge in [0, 0.05) is 17.2 Å². The van der Waals surface area contributed by atoms with Crippen LogP contribution in [0.3, 0.4) is 0 Å². The number of rotatable bonds is 3. The summed E-state index contributed by atoms with van der Waals surface area (Å²) in [5, 5.41) is 8.07. The molecule has 1 amide bonds. The highest BCUT2D eigenvalue weighted by atomic mass is 35.5. The standard InChI is InChI=1S/C13H17ClN2O4S/c1-8-13(2,3-4-20-8)16-12(17)9-5-10(14)7-11(6-9)21(15,18)19/h5-8H,3-4H2,1-2H3,(H,16,17)(H2,15,18,19). The van der Waals surface area contributed by atoms with Crippen molar-refractivity contribution in [3.63, 3.8) is 0 Å². The third-order valence-corrected chi connectivity index (χ3v) is 4.86. The van der Waals surface area contributed by atoms with E-state index in [2.05, 4.69) is 5.32 Å². The van der Waals surface area contributed by atoms with Crippen molar-refractivity contribution in [1.82, 2.24) is 5.32 Å². The summed E-state index contributed by atoms with van der Waals surface area (Å²) in [6.07, 6.45) is 0.557.